The smallest absolute Gasteiger partial charge is 0.382 e. The van der Waals surface area contributed by atoms with Crippen molar-refractivity contribution in [1.29, 1.82) is 0 Å². The Morgan fingerprint density at radius 1 is 1.17 bits per heavy atom. The van der Waals surface area contributed by atoms with Crippen LogP contribution in [0, 0.1) is 6.92 Å². The number of carbonyl (C=O) groups excluding carboxylic acids is 1. The molecule has 1 amide bonds. The molecular weight excluding hydrogens is 498 g/mol. The van der Waals surface area contributed by atoms with Crippen LogP contribution in [0.25, 0.3) is 10.9 Å². The predicted molar refractivity (Wildman–Crippen MR) is 131 cm³/mol. The van der Waals surface area contributed by atoms with Crippen molar-refractivity contribution < 1.29 is 22.4 Å². The Kier molecular flexibility index (Phi) is 7.19. The van der Waals surface area contributed by atoms with E-state index in [1.165, 1.54) is 36.9 Å². The third-order valence-electron chi connectivity index (χ3n) is 6.16. The van der Waals surface area contributed by atoms with Gasteiger partial charge >= 0.3 is 6.18 Å². The monoisotopic (exact) mass is 525 g/mol. The van der Waals surface area contributed by atoms with E-state index in [-0.39, 0.29) is 30.1 Å². The maximum absolute atomic E-state index is 14.0. The van der Waals surface area contributed by atoms with E-state index in [4.69, 9.17) is 11.6 Å². The van der Waals surface area contributed by atoms with E-state index in [0.717, 1.165) is 25.3 Å². The van der Waals surface area contributed by atoms with Crippen molar-refractivity contribution in [3.8, 4) is 0 Å². The van der Waals surface area contributed by atoms with Gasteiger partial charge in [0, 0.05) is 34.4 Å². The SMILES string of the molecule is Cc1nn(CC(C)(C)F)cc1C(=O)NC1CCCC(Nc2cc(C(F)(F)F)nc3ccc(Cl)cc23)C1. The highest BCUT2D eigenvalue weighted by molar-refractivity contribution is 6.31. The second-order valence-electron chi connectivity index (χ2n) is 9.94. The molecule has 1 aliphatic rings. The van der Waals surface area contributed by atoms with Crippen molar-refractivity contribution in [1.82, 2.24) is 20.1 Å². The highest BCUT2D eigenvalue weighted by Gasteiger charge is 2.34. The first kappa shape index (κ1) is 26.2. The van der Waals surface area contributed by atoms with Crippen LogP contribution in [0.2, 0.25) is 5.02 Å². The van der Waals surface area contributed by atoms with Crippen LogP contribution >= 0.6 is 11.6 Å². The van der Waals surface area contributed by atoms with Gasteiger partial charge in [-0.2, -0.15) is 18.3 Å². The van der Waals surface area contributed by atoms with Gasteiger partial charge in [-0.3, -0.25) is 9.48 Å². The number of halogens is 5. The number of aryl methyl sites for hydroxylation is 1. The molecule has 2 aromatic heterocycles. The number of hydrogen-bond donors (Lipinski definition) is 2. The number of nitrogens with zero attached hydrogens (tertiary/aromatic N) is 3. The van der Waals surface area contributed by atoms with Crippen LogP contribution < -0.4 is 10.6 Å². The Morgan fingerprint density at radius 3 is 2.58 bits per heavy atom. The highest BCUT2D eigenvalue weighted by atomic mass is 35.5. The minimum Gasteiger partial charge on any atom is -0.382 e. The Labute approximate surface area is 211 Å². The molecule has 2 atom stereocenters. The van der Waals surface area contributed by atoms with E-state index < -0.39 is 17.5 Å². The lowest BCUT2D eigenvalue weighted by atomic mass is 9.90. The lowest BCUT2D eigenvalue weighted by Gasteiger charge is -2.31. The number of amides is 1. The van der Waals surface area contributed by atoms with E-state index in [9.17, 15) is 22.4 Å². The summed E-state index contributed by atoms with van der Waals surface area (Å²) in [6, 6.07) is 5.23. The summed E-state index contributed by atoms with van der Waals surface area (Å²) in [6.45, 7) is 4.60. The van der Waals surface area contributed by atoms with Crippen molar-refractivity contribution >= 4 is 34.1 Å². The average Bonchev–Trinajstić information content (AvgIpc) is 3.12. The fourth-order valence-electron chi connectivity index (χ4n) is 4.60. The van der Waals surface area contributed by atoms with Crippen LogP contribution in [0.5, 0.6) is 0 Å². The van der Waals surface area contributed by atoms with E-state index in [0.29, 0.717) is 33.8 Å². The summed E-state index contributed by atoms with van der Waals surface area (Å²) < 4.78 is 55.8. The molecule has 1 fully saturated rings. The standard InChI is InChI=1S/C25H28ClF4N5O/c1-14-19(12-35(34-14)13-24(2,3)27)23(36)32-17-6-4-5-16(10-17)31-21-11-22(25(28,29)30)33-20-8-7-15(26)9-18(20)21/h7-9,11-12,16-17H,4-6,10,13H2,1-3H3,(H,31,33)(H,32,36). The molecule has 0 spiro atoms. The van der Waals surface area contributed by atoms with Gasteiger partial charge in [-0.05, 0) is 70.7 Å². The second kappa shape index (κ2) is 9.88. The molecule has 1 saturated carbocycles. The van der Waals surface area contributed by atoms with Crippen molar-refractivity contribution in [2.75, 3.05) is 5.32 Å². The van der Waals surface area contributed by atoms with Crippen LogP contribution in [0.15, 0.2) is 30.5 Å². The first-order chi connectivity index (χ1) is 16.8. The van der Waals surface area contributed by atoms with Crippen LogP contribution in [0.4, 0.5) is 23.2 Å². The van der Waals surface area contributed by atoms with E-state index >= 15 is 0 Å². The van der Waals surface area contributed by atoms with Gasteiger partial charge in [0.1, 0.15) is 11.4 Å². The van der Waals surface area contributed by atoms with Crippen molar-refractivity contribution in [3.05, 3.63) is 52.4 Å². The zero-order chi connectivity index (χ0) is 26.3. The lowest BCUT2D eigenvalue weighted by molar-refractivity contribution is -0.140. The summed E-state index contributed by atoms with van der Waals surface area (Å²) in [5.74, 6) is -0.304. The van der Waals surface area contributed by atoms with Gasteiger partial charge in [0.05, 0.1) is 23.3 Å². The predicted octanol–water partition coefficient (Wildman–Crippen LogP) is 6.31. The van der Waals surface area contributed by atoms with Gasteiger partial charge in [-0.25, -0.2) is 9.37 Å². The van der Waals surface area contributed by atoms with Gasteiger partial charge in [0.15, 0.2) is 0 Å². The molecule has 1 aromatic carbocycles. The quantitative estimate of drug-likeness (QED) is 0.370. The number of pyridine rings is 1. The summed E-state index contributed by atoms with van der Waals surface area (Å²) in [5.41, 5.74) is -1.08. The summed E-state index contributed by atoms with van der Waals surface area (Å²) in [4.78, 5) is 16.7. The number of aromatic nitrogens is 3. The minimum atomic E-state index is -4.59. The number of benzene rings is 1. The molecule has 36 heavy (non-hydrogen) atoms. The summed E-state index contributed by atoms with van der Waals surface area (Å²) in [6.07, 6.45) is -0.260. The largest absolute Gasteiger partial charge is 0.433 e. The third-order valence-corrected chi connectivity index (χ3v) is 6.39. The molecule has 0 radical (unpaired) electrons. The molecule has 3 aromatic rings. The highest BCUT2D eigenvalue weighted by Crippen LogP contribution is 2.35. The van der Waals surface area contributed by atoms with Gasteiger partial charge < -0.3 is 10.6 Å². The maximum Gasteiger partial charge on any atom is 0.433 e. The molecule has 2 heterocycles. The zero-order valence-electron chi connectivity index (χ0n) is 20.2. The van der Waals surface area contributed by atoms with Gasteiger partial charge in [0.25, 0.3) is 5.91 Å². The van der Waals surface area contributed by atoms with Crippen LogP contribution in [0.1, 0.15) is 61.3 Å². The van der Waals surface area contributed by atoms with Crippen molar-refractivity contribution in [2.45, 2.75) is 76.9 Å². The third kappa shape index (κ3) is 6.27. The molecule has 0 aliphatic heterocycles. The van der Waals surface area contributed by atoms with E-state index in [2.05, 4.69) is 20.7 Å². The lowest BCUT2D eigenvalue weighted by Crippen LogP contribution is -2.42. The molecule has 1 aliphatic carbocycles. The Bertz CT molecular complexity index is 1270. The average molecular weight is 526 g/mol. The van der Waals surface area contributed by atoms with Crippen LogP contribution in [-0.4, -0.2) is 38.4 Å². The molecule has 2 N–H and O–H groups in total. The van der Waals surface area contributed by atoms with E-state index in [1.807, 2.05) is 0 Å². The Balaban J connectivity index is 1.49. The number of hydrogen-bond acceptors (Lipinski definition) is 4. The fraction of sp³-hybridized carbons (Fsp3) is 0.480. The molecule has 0 bridgehead atoms. The van der Waals surface area contributed by atoms with Gasteiger partial charge in [-0.1, -0.05) is 11.6 Å². The summed E-state index contributed by atoms with van der Waals surface area (Å²) in [7, 11) is 0. The number of nitrogens with one attached hydrogen (secondary N) is 2. The Hall–Kier alpha value is -2.88. The van der Waals surface area contributed by atoms with Crippen LogP contribution in [0.3, 0.4) is 0 Å². The molecule has 0 saturated heterocycles. The number of carbonyl (C=O) groups is 1. The Morgan fingerprint density at radius 2 is 1.89 bits per heavy atom. The summed E-state index contributed by atoms with van der Waals surface area (Å²) in [5, 5.41) is 11.4. The molecule has 194 valence electrons. The zero-order valence-corrected chi connectivity index (χ0v) is 21.0. The number of rotatable bonds is 6. The number of alkyl halides is 4. The fourth-order valence-corrected chi connectivity index (χ4v) is 4.78. The first-order valence-corrected chi connectivity index (χ1v) is 12.1. The summed E-state index contributed by atoms with van der Waals surface area (Å²) >= 11 is 6.10. The second-order valence-corrected chi connectivity index (χ2v) is 10.4. The van der Waals surface area contributed by atoms with Gasteiger partial charge in [0.2, 0.25) is 0 Å². The van der Waals surface area contributed by atoms with Crippen molar-refractivity contribution in [2.24, 2.45) is 0 Å². The molecule has 4 rings (SSSR count). The van der Waals surface area contributed by atoms with Crippen LogP contribution in [-0.2, 0) is 12.7 Å². The molecule has 2 unspecified atom stereocenters. The van der Waals surface area contributed by atoms with Gasteiger partial charge in [-0.15, -0.1) is 0 Å². The molecular formula is C25H28ClF4N5O. The first-order valence-electron chi connectivity index (χ1n) is 11.8. The van der Waals surface area contributed by atoms with Crippen molar-refractivity contribution in [3.63, 3.8) is 0 Å². The normalized spacial score (nSPS) is 18.9. The topological polar surface area (TPSA) is 71.8 Å². The minimum absolute atomic E-state index is 0.0281. The van der Waals surface area contributed by atoms with E-state index in [1.54, 1.807) is 13.0 Å². The maximum atomic E-state index is 14.0. The number of anilines is 1. The molecule has 11 heteroatoms. The molecule has 6 nitrogen and oxygen atoms in total. The number of fused-ring (bicyclic) bond motifs is 1.